The molecule has 0 saturated heterocycles. The Morgan fingerprint density at radius 2 is 2.25 bits per heavy atom. The maximum absolute atomic E-state index is 12.5. The van der Waals surface area contributed by atoms with Crippen LogP contribution in [0.3, 0.4) is 0 Å². The fraction of sp³-hybridized carbons (Fsp3) is 0.333. The van der Waals surface area contributed by atoms with Gasteiger partial charge < -0.3 is 16.0 Å². The minimum absolute atomic E-state index is 0.446. The fourth-order valence-electron chi connectivity index (χ4n) is 2.60. The third-order valence-corrected chi connectivity index (χ3v) is 4.00. The van der Waals surface area contributed by atoms with Gasteiger partial charge in [-0.15, -0.1) is 0 Å². The summed E-state index contributed by atoms with van der Waals surface area (Å²) in [5.74, 6) is 0.479. The number of hydrogen-bond acceptors (Lipinski definition) is 4. The highest BCUT2D eigenvalue weighted by atomic mass is 19.1. The number of nitrogens with two attached hydrogens (primary N) is 1. The molecule has 0 radical (unpaired) electrons. The number of anilines is 1. The van der Waals surface area contributed by atoms with Crippen molar-refractivity contribution >= 4 is 11.5 Å². The van der Waals surface area contributed by atoms with Crippen LogP contribution >= 0.6 is 0 Å². The van der Waals surface area contributed by atoms with E-state index in [-0.39, 0.29) is 0 Å². The van der Waals surface area contributed by atoms with Crippen molar-refractivity contribution in [3.05, 3.63) is 59.5 Å². The monoisotopic (exact) mass is 329 g/mol. The van der Waals surface area contributed by atoms with Crippen LogP contribution in [0.1, 0.15) is 25.1 Å². The Balaban J connectivity index is 2.17. The van der Waals surface area contributed by atoms with Crippen LogP contribution in [0.15, 0.2) is 53.2 Å². The van der Waals surface area contributed by atoms with Gasteiger partial charge in [-0.25, -0.2) is 4.39 Å². The maximum Gasteiger partial charge on any atom is 0.118 e. The zero-order chi connectivity index (χ0) is 17.7. The molecule has 5 nitrogen and oxygen atoms in total. The molecule has 2 rings (SSSR count). The van der Waals surface area contributed by atoms with Gasteiger partial charge in [0, 0.05) is 43.6 Å². The van der Waals surface area contributed by atoms with E-state index in [2.05, 4.69) is 26.8 Å². The highest BCUT2D eigenvalue weighted by molar-refractivity contribution is 5.92. The topological polar surface area (TPSA) is 66.5 Å². The number of rotatable bonds is 5. The molecule has 0 amide bonds. The summed E-state index contributed by atoms with van der Waals surface area (Å²) in [6, 6.07) is 2.01. The summed E-state index contributed by atoms with van der Waals surface area (Å²) in [5.41, 5.74) is 11.1. The number of aliphatic imine (C=N–C) groups is 1. The van der Waals surface area contributed by atoms with Gasteiger partial charge in [-0.1, -0.05) is 6.58 Å². The molecule has 1 aliphatic heterocycles. The first-order chi connectivity index (χ1) is 11.4. The lowest BCUT2D eigenvalue weighted by atomic mass is 10.0. The van der Waals surface area contributed by atoms with E-state index in [4.69, 9.17) is 5.73 Å². The van der Waals surface area contributed by atoms with Crippen molar-refractivity contribution < 1.29 is 4.39 Å². The average Bonchev–Trinajstić information content (AvgIpc) is 2.59. The number of hydrogen-bond donors (Lipinski definition) is 2. The summed E-state index contributed by atoms with van der Waals surface area (Å²) in [5, 5.41) is 2.98. The molecule has 3 N–H and O–H groups in total. The molecule has 2 heterocycles. The Kier molecular flexibility index (Phi) is 5.73. The van der Waals surface area contributed by atoms with Gasteiger partial charge in [0.2, 0.25) is 0 Å². The second-order valence-electron chi connectivity index (χ2n) is 5.84. The van der Waals surface area contributed by atoms with Gasteiger partial charge in [0.25, 0.3) is 0 Å². The van der Waals surface area contributed by atoms with E-state index < -0.39 is 0 Å². The lowest BCUT2D eigenvalue weighted by molar-refractivity contribution is 0.326. The van der Waals surface area contributed by atoms with E-state index in [9.17, 15) is 4.39 Å². The molecule has 0 atom stereocenters. The number of nitrogens with one attached hydrogen (secondary N) is 1. The molecule has 0 saturated carbocycles. The predicted octanol–water partition coefficient (Wildman–Crippen LogP) is 3.13. The number of amidine groups is 1. The highest BCUT2D eigenvalue weighted by Gasteiger charge is 2.19. The van der Waals surface area contributed by atoms with Crippen molar-refractivity contribution in [1.29, 1.82) is 0 Å². The quantitative estimate of drug-likeness (QED) is 0.495. The van der Waals surface area contributed by atoms with Crippen LogP contribution in [-0.2, 0) is 13.0 Å². The average molecular weight is 329 g/mol. The van der Waals surface area contributed by atoms with E-state index >= 15 is 0 Å². The molecule has 0 fully saturated rings. The molecular formula is C18H24FN5. The van der Waals surface area contributed by atoms with Gasteiger partial charge in [-0.2, -0.15) is 0 Å². The third kappa shape index (κ3) is 4.22. The fourth-order valence-corrected chi connectivity index (χ4v) is 2.60. The normalized spacial score (nSPS) is 16.0. The van der Waals surface area contributed by atoms with E-state index in [1.807, 2.05) is 19.1 Å². The maximum atomic E-state index is 12.5. The summed E-state index contributed by atoms with van der Waals surface area (Å²) >= 11 is 0. The molecule has 128 valence electrons. The molecule has 0 bridgehead atoms. The van der Waals surface area contributed by atoms with Crippen LogP contribution in [0, 0.1) is 0 Å². The van der Waals surface area contributed by atoms with E-state index in [1.165, 1.54) is 0 Å². The second kappa shape index (κ2) is 7.77. The van der Waals surface area contributed by atoms with Crippen LogP contribution in [-0.4, -0.2) is 29.3 Å². The van der Waals surface area contributed by atoms with Crippen molar-refractivity contribution in [2.24, 2.45) is 10.7 Å². The lowest BCUT2D eigenvalue weighted by Crippen LogP contribution is -2.31. The van der Waals surface area contributed by atoms with Gasteiger partial charge >= 0.3 is 0 Å². The molecule has 0 aliphatic carbocycles. The first kappa shape index (κ1) is 17.7. The molecule has 0 unspecified atom stereocenters. The van der Waals surface area contributed by atoms with Crippen LogP contribution in [0.2, 0.25) is 0 Å². The molecule has 6 heteroatoms. The number of pyridine rings is 1. The van der Waals surface area contributed by atoms with Crippen molar-refractivity contribution in [3.8, 4) is 0 Å². The number of halogens is 1. The molecule has 1 aliphatic rings. The lowest BCUT2D eigenvalue weighted by Gasteiger charge is -2.32. The van der Waals surface area contributed by atoms with E-state index in [0.29, 0.717) is 24.4 Å². The predicted molar refractivity (Wildman–Crippen MR) is 97.3 cm³/mol. The van der Waals surface area contributed by atoms with Gasteiger partial charge in [0.15, 0.2) is 0 Å². The van der Waals surface area contributed by atoms with Crippen molar-refractivity contribution in [3.63, 3.8) is 0 Å². The summed E-state index contributed by atoms with van der Waals surface area (Å²) in [6.45, 7) is 9.38. The number of allylic oxidation sites excluding steroid dienone is 2. The van der Waals surface area contributed by atoms with Crippen LogP contribution in [0.4, 0.5) is 10.1 Å². The van der Waals surface area contributed by atoms with Crippen LogP contribution in [0.5, 0.6) is 0 Å². The smallest absolute Gasteiger partial charge is 0.118 e. The zero-order valence-electron chi connectivity index (χ0n) is 14.4. The summed E-state index contributed by atoms with van der Waals surface area (Å²) in [6.07, 6.45) is 4.95. The Bertz CT molecular complexity index is 718. The van der Waals surface area contributed by atoms with E-state index in [1.54, 1.807) is 20.2 Å². The first-order valence-corrected chi connectivity index (χ1v) is 7.81. The molecule has 1 aromatic heterocycles. The van der Waals surface area contributed by atoms with Gasteiger partial charge in [0.1, 0.15) is 12.2 Å². The second-order valence-corrected chi connectivity index (χ2v) is 5.84. The van der Waals surface area contributed by atoms with Gasteiger partial charge in [-0.3, -0.25) is 9.98 Å². The Labute approximate surface area is 142 Å². The Hall–Kier alpha value is -2.63. The van der Waals surface area contributed by atoms with Crippen LogP contribution in [0.25, 0.3) is 0 Å². The largest absolute Gasteiger partial charge is 0.384 e. The SMILES string of the molecule is C=C(/C(C)=C\C(N)=NC)N1CCc2ncc(N/C(C)=C\F)cc2C1. The van der Waals surface area contributed by atoms with Crippen molar-refractivity contribution in [2.75, 3.05) is 18.9 Å². The summed E-state index contributed by atoms with van der Waals surface area (Å²) in [4.78, 5) is 10.6. The Morgan fingerprint density at radius 1 is 1.50 bits per heavy atom. The number of nitrogens with zero attached hydrogens (tertiary/aromatic N) is 3. The molecular weight excluding hydrogens is 305 g/mol. The molecule has 0 aromatic carbocycles. The van der Waals surface area contributed by atoms with Crippen molar-refractivity contribution in [2.45, 2.75) is 26.8 Å². The van der Waals surface area contributed by atoms with Gasteiger partial charge in [0.05, 0.1) is 11.9 Å². The third-order valence-electron chi connectivity index (χ3n) is 4.00. The van der Waals surface area contributed by atoms with Gasteiger partial charge in [-0.05, 0) is 37.1 Å². The van der Waals surface area contributed by atoms with E-state index in [0.717, 1.165) is 41.2 Å². The summed E-state index contributed by atoms with van der Waals surface area (Å²) < 4.78 is 12.5. The molecule has 24 heavy (non-hydrogen) atoms. The summed E-state index contributed by atoms with van der Waals surface area (Å²) in [7, 11) is 1.66. The zero-order valence-corrected chi connectivity index (χ0v) is 14.4. The van der Waals surface area contributed by atoms with Crippen molar-refractivity contribution in [1.82, 2.24) is 9.88 Å². The minimum atomic E-state index is 0.446. The first-order valence-electron chi connectivity index (χ1n) is 7.81. The standard InChI is InChI=1S/C18H24FN5/c1-12(7-18(20)21-4)14(3)24-6-5-17-15(11-24)8-16(10-22-17)23-13(2)9-19/h7-10,23H,3,5-6,11H2,1-2,4H3,(H2,20,21)/b12-7-,13-9-. The molecule has 1 aromatic rings. The molecule has 0 spiro atoms. The van der Waals surface area contributed by atoms with Crippen LogP contribution < -0.4 is 11.1 Å². The number of aromatic nitrogens is 1. The Morgan fingerprint density at radius 3 is 2.92 bits per heavy atom. The minimum Gasteiger partial charge on any atom is -0.384 e. The number of fused-ring (bicyclic) bond motifs is 1. The highest BCUT2D eigenvalue weighted by Crippen LogP contribution is 2.25.